The number of carbonyl (C=O) groups excluding carboxylic acids is 2. The molecular formula is C31H25NO6S2. The molecule has 2 aromatic heterocycles. The number of Topliss-reactive ketones (excluding diaryl/α,β-unsaturated/α-hetero) is 1. The van der Waals surface area contributed by atoms with E-state index in [0.717, 1.165) is 17.6 Å². The quantitative estimate of drug-likeness (QED) is 0.210. The van der Waals surface area contributed by atoms with Crippen molar-refractivity contribution in [3.8, 4) is 17.4 Å². The Kier molecular flexibility index (Phi) is 6.01. The van der Waals surface area contributed by atoms with Gasteiger partial charge in [-0.1, -0.05) is 30.7 Å². The second kappa shape index (κ2) is 9.60. The first-order valence-electron chi connectivity index (χ1n) is 13.2. The van der Waals surface area contributed by atoms with Gasteiger partial charge in [-0.05, 0) is 72.8 Å². The molecule has 3 heterocycles. The van der Waals surface area contributed by atoms with E-state index in [1.807, 2.05) is 22.8 Å². The third-order valence-corrected chi connectivity index (χ3v) is 9.64. The smallest absolute Gasteiger partial charge is 0.348 e. The zero-order chi connectivity index (χ0) is 27.5. The lowest BCUT2D eigenvalue weighted by atomic mass is 9.95. The lowest BCUT2D eigenvalue weighted by Gasteiger charge is -2.23. The summed E-state index contributed by atoms with van der Waals surface area (Å²) in [5, 5.41) is 12.3. The first kappa shape index (κ1) is 25.0. The molecule has 2 bridgehead atoms. The Morgan fingerprint density at radius 2 is 1.85 bits per heavy atom. The maximum Gasteiger partial charge on any atom is 0.348 e. The van der Waals surface area contributed by atoms with Crippen LogP contribution in [0.25, 0.3) is 11.6 Å². The van der Waals surface area contributed by atoms with Crippen molar-refractivity contribution in [1.82, 2.24) is 4.57 Å². The number of esters is 1. The van der Waals surface area contributed by atoms with Crippen LogP contribution >= 0.6 is 23.6 Å². The Morgan fingerprint density at radius 3 is 2.58 bits per heavy atom. The molecule has 4 aromatic rings. The Balaban J connectivity index is 1.23. The van der Waals surface area contributed by atoms with Crippen molar-refractivity contribution in [3.63, 3.8) is 0 Å². The van der Waals surface area contributed by atoms with Gasteiger partial charge in [-0.25, -0.2) is 4.79 Å². The minimum absolute atomic E-state index is 0.0191. The third-order valence-electron chi connectivity index (χ3n) is 8.30. The van der Waals surface area contributed by atoms with Gasteiger partial charge in [0, 0.05) is 23.4 Å². The van der Waals surface area contributed by atoms with Crippen molar-refractivity contribution >= 4 is 47.0 Å². The highest BCUT2D eigenvalue weighted by molar-refractivity contribution is 7.73. The average Bonchev–Trinajstić information content (AvgIpc) is 3.74. The molecule has 202 valence electrons. The van der Waals surface area contributed by atoms with Crippen LogP contribution in [0.5, 0.6) is 17.4 Å². The monoisotopic (exact) mass is 571 g/mol. The molecular weight excluding hydrogens is 546 g/mol. The van der Waals surface area contributed by atoms with E-state index in [1.54, 1.807) is 36.4 Å². The molecule has 3 aliphatic rings. The fourth-order valence-corrected chi connectivity index (χ4v) is 7.72. The number of ketones is 1. The summed E-state index contributed by atoms with van der Waals surface area (Å²) >= 11 is 7.03. The van der Waals surface area contributed by atoms with Gasteiger partial charge in [-0.15, -0.1) is 11.3 Å². The molecule has 9 heteroatoms. The van der Waals surface area contributed by atoms with Gasteiger partial charge >= 0.3 is 5.97 Å². The topological polar surface area (TPSA) is 90.9 Å². The first-order chi connectivity index (χ1) is 19.4. The van der Waals surface area contributed by atoms with Gasteiger partial charge in [0.25, 0.3) is 0 Å². The van der Waals surface area contributed by atoms with Crippen LogP contribution in [0.15, 0.2) is 59.0 Å². The lowest BCUT2D eigenvalue weighted by molar-refractivity contribution is -0.128. The average molecular weight is 572 g/mol. The molecule has 1 aliphatic heterocycles. The van der Waals surface area contributed by atoms with Crippen molar-refractivity contribution < 1.29 is 28.6 Å². The predicted molar refractivity (Wildman–Crippen MR) is 151 cm³/mol. The summed E-state index contributed by atoms with van der Waals surface area (Å²) in [5.74, 6) is 1.17. The Hall–Kier alpha value is -3.95. The lowest BCUT2D eigenvalue weighted by Crippen LogP contribution is -2.29. The van der Waals surface area contributed by atoms with E-state index in [-0.39, 0.29) is 23.2 Å². The van der Waals surface area contributed by atoms with Gasteiger partial charge in [-0.3, -0.25) is 9.36 Å². The van der Waals surface area contributed by atoms with Crippen LogP contribution in [0.2, 0.25) is 0 Å². The second-order valence-electron chi connectivity index (χ2n) is 10.5. The van der Waals surface area contributed by atoms with E-state index in [2.05, 4.69) is 0 Å². The van der Waals surface area contributed by atoms with E-state index in [1.165, 1.54) is 43.8 Å². The highest BCUT2D eigenvalue weighted by Crippen LogP contribution is 2.52. The fraction of sp³-hybridized carbons (Fsp3) is 0.258. The standard InChI is InChI=1S/C31H25NO6S2/c1-36-20-8-10-22-25(14-20)38-30(35)27(28(22)33)18-6-4-17(5-7-18)24-11-9-21(37-24)15-26-29(34)32(31(39)40-26)23-13-16-2-3-19(23)12-16/h4-11,14-16,19,23,34H,2-3,12-13H2,1H3. The molecule has 2 fully saturated rings. The van der Waals surface area contributed by atoms with Gasteiger partial charge in [0.15, 0.2) is 3.95 Å². The van der Waals surface area contributed by atoms with Gasteiger partial charge in [0.1, 0.15) is 27.9 Å². The second-order valence-corrected chi connectivity index (χ2v) is 12.2. The number of hydrogen-bond acceptors (Lipinski definition) is 8. The zero-order valence-corrected chi connectivity index (χ0v) is 23.2. The number of furan rings is 1. The molecule has 7 rings (SSSR count). The summed E-state index contributed by atoms with van der Waals surface area (Å²) in [6, 6.07) is 15.8. The van der Waals surface area contributed by atoms with Crippen molar-refractivity contribution in [3.05, 3.63) is 90.3 Å². The predicted octanol–water partition coefficient (Wildman–Crippen LogP) is 5.02. The van der Waals surface area contributed by atoms with Crippen molar-refractivity contribution in [2.45, 2.75) is 31.7 Å². The first-order valence-corrected chi connectivity index (χ1v) is 14.4. The zero-order valence-electron chi connectivity index (χ0n) is 21.6. The fourth-order valence-electron chi connectivity index (χ4n) is 6.35. The van der Waals surface area contributed by atoms with E-state index >= 15 is 0 Å². The van der Waals surface area contributed by atoms with Crippen LogP contribution in [-0.2, 0) is 4.79 Å². The Labute approximate surface area is 237 Å². The van der Waals surface area contributed by atoms with Crippen molar-refractivity contribution in [2.75, 3.05) is 7.11 Å². The minimum Gasteiger partial charge on any atom is -0.497 e. The number of fused-ring (bicyclic) bond motifs is 3. The van der Waals surface area contributed by atoms with Gasteiger partial charge < -0.3 is 19.0 Å². The highest BCUT2D eigenvalue weighted by Gasteiger charge is 2.41. The summed E-state index contributed by atoms with van der Waals surface area (Å²) in [5.41, 5.74) is 1.51. The summed E-state index contributed by atoms with van der Waals surface area (Å²) in [6.45, 7) is 0. The van der Waals surface area contributed by atoms with Crippen LogP contribution < -0.4 is 20.1 Å². The number of thiazole rings is 1. The molecule has 0 radical (unpaired) electrons. The largest absolute Gasteiger partial charge is 0.497 e. The molecule has 2 saturated carbocycles. The van der Waals surface area contributed by atoms with Crippen LogP contribution in [0.1, 0.15) is 47.0 Å². The third kappa shape index (κ3) is 4.12. The number of rotatable bonds is 3. The van der Waals surface area contributed by atoms with Crippen molar-refractivity contribution in [2.24, 2.45) is 11.8 Å². The minimum atomic E-state index is -0.701. The number of benzene rings is 2. The van der Waals surface area contributed by atoms with Crippen LogP contribution in [0.3, 0.4) is 0 Å². The van der Waals surface area contributed by atoms with Crippen LogP contribution in [0, 0.1) is 26.4 Å². The molecule has 0 saturated heterocycles. The number of carbonyl (C=O) groups is 2. The normalized spacial score (nSPS) is 22.1. The molecule has 7 nitrogen and oxygen atoms in total. The molecule has 3 unspecified atom stereocenters. The summed E-state index contributed by atoms with van der Waals surface area (Å²) in [4.78, 5) is 26.5. The van der Waals surface area contributed by atoms with E-state index < -0.39 is 11.8 Å². The molecule has 0 spiro atoms. The van der Waals surface area contributed by atoms with Gasteiger partial charge in [-0.2, -0.15) is 0 Å². The molecule has 2 aliphatic carbocycles. The summed E-state index contributed by atoms with van der Waals surface area (Å²) in [6.07, 6.45) is 6.64. The number of ether oxygens (including phenoxy) is 2. The molecule has 1 N–H and O–H groups in total. The maximum atomic E-state index is 13.1. The number of aromatic hydroxyl groups is 1. The molecule has 3 atom stereocenters. The molecule has 40 heavy (non-hydrogen) atoms. The molecule has 0 amide bonds. The number of hydrogen-bond donors (Lipinski definition) is 1. The Bertz CT molecular complexity index is 1960. The van der Waals surface area contributed by atoms with Crippen LogP contribution in [0.4, 0.5) is 0 Å². The van der Waals surface area contributed by atoms with Gasteiger partial charge in [0.05, 0.1) is 17.6 Å². The molecule has 2 aromatic carbocycles. The van der Waals surface area contributed by atoms with E-state index in [4.69, 9.17) is 26.1 Å². The summed E-state index contributed by atoms with van der Waals surface area (Å²) in [7, 11) is 1.50. The summed E-state index contributed by atoms with van der Waals surface area (Å²) < 4.78 is 19.3. The van der Waals surface area contributed by atoms with Crippen LogP contribution in [-0.4, -0.2) is 28.5 Å². The van der Waals surface area contributed by atoms with E-state index in [9.17, 15) is 14.7 Å². The number of methoxy groups -OCH3 is 1. The highest BCUT2D eigenvalue weighted by atomic mass is 32.1. The maximum absolute atomic E-state index is 13.1. The Morgan fingerprint density at radius 1 is 1.05 bits per heavy atom. The number of nitrogens with zero attached hydrogens (tertiary/aromatic N) is 1. The van der Waals surface area contributed by atoms with Crippen molar-refractivity contribution in [1.29, 1.82) is 0 Å². The van der Waals surface area contributed by atoms with E-state index in [0.29, 0.717) is 42.1 Å². The number of aromatic nitrogens is 1. The van der Waals surface area contributed by atoms with Gasteiger partial charge in [0.2, 0.25) is 11.7 Å². The SMILES string of the molecule is COc1ccc2c(c1)OC(=O)C(=c1ccc(=c3ccc(=Cc4sc(=S)n(C5CC6CCC5C6)c4O)o3)cc1)C2=O.